The zero-order valence-electron chi connectivity index (χ0n) is 5.80. The molecule has 0 unspecified atom stereocenters. The van der Waals surface area contributed by atoms with Gasteiger partial charge in [-0.2, -0.15) is 0 Å². The second-order valence-electron chi connectivity index (χ2n) is 2.67. The van der Waals surface area contributed by atoms with Gasteiger partial charge in [-0.3, -0.25) is 0 Å². The molecule has 1 aliphatic carbocycles. The summed E-state index contributed by atoms with van der Waals surface area (Å²) in [4.78, 5) is 13.4. The first kappa shape index (κ1) is 6.33. The van der Waals surface area contributed by atoms with Crippen LogP contribution in [-0.2, 0) is 0 Å². The van der Waals surface area contributed by atoms with E-state index in [1.54, 1.807) is 4.57 Å². The molecule has 0 bridgehead atoms. The van der Waals surface area contributed by atoms with Crippen LogP contribution in [0.4, 0.5) is 5.82 Å². The number of nitro groups is 1. The highest BCUT2D eigenvalue weighted by atomic mass is 16.6. The molecule has 1 aromatic rings. The van der Waals surface area contributed by atoms with Crippen LogP contribution in [-0.4, -0.2) is 14.5 Å². The molecule has 0 radical (unpaired) electrons. The molecule has 1 heterocycles. The van der Waals surface area contributed by atoms with Crippen molar-refractivity contribution in [2.24, 2.45) is 0 Å². The van der Waals surface area contributed by atoms with Crippen LogP contribution in [0, 0.1) is 10.1 Å². The SMILES string of the molecule is O=[N+]([O-])c1cn(C2CC2)cn1. The highest BCUT2D eigenvalue weighted by molar-refractivity contribution is 5.13. The van der Waals surface area contributed by atoms with Gasteiger partial charge in [0.1, 0.15) is 6.20 Å². The van der Waals surface area contributed by atoms with Crippen LogP contribution in [0.3, 0.4) is 0 Å². The van der Waals surface area contributed by atoms with Crippen molar-refractivity contribution in [1.29, 1.82) is 0 Å². The molecule has 2 rings (SSSR count). The van der Waals surface area contributed by atoms with E-state index in [1.807, 2.05) is 0 Å². The summed E-state index contributed by atoms with van der Waals surface area (Å²) < 4.78 is 1.80. The van der Waals surface area contributed by atoms with E-state index in [-0.39, 0.29) is 5.82 Å². The third kappa shape index (κ3) is 1.09. The van der Waals surface area contributed by atoms with E-state index in [0.717, 1.165) is 12.8 Å². The summed E-state index contributed by atoms with van der Waals surface area (Å²) in [5.74, 6) is -0.0584. The molecule has 0 aromatic carbocycles. The maximum Gasteiger partial charge on any atom is 0.381 e. The summed E-state index contributed by atoms with van der Waals surface area (Å²) in [6, 6.07) is 0.469. The lowest BCUT2D eigenvalue weighted by Gasteiger charge is -1.90. The normalized spacial score (nSPS) is 16.7. The molecule has 58 valence electrons. The Kier molecular flexibility index (Phi) is 1.18. The second kappa shape index (κ2) is 2.05. The van der Waals surface area contributed by atoms with Gasteiger partial charge in [-0.15, -0.1) is 0 Å². The fraction of sp³-hybridized carbons (Fsp3) is 0.500. The average molecular weight is 153 g/mol. The molecule has 0 amide bonds. The number of aromatic nitrogens is 2. The van der Waals surface area contributed by atoms with Gasteiger partial charge in [0.2, 0.25) is 6.33 Å². The van der Waals surface area contributed by atoms with Crippen LogP contribution in [0.1, 0.15) is 18.9 Å². The van der Waals surface area contributed by atoms with Crippen molar-refractivity contribution in [2.45, 2.75) is 18.9 Å². The van der Waals surface area contributed by atoms with Crippen molar-refractivity contribution in [3.63, 3.8) is 0 Å². The van der Waals surface area contributed by atoms with E-state index in [9.17, 15) is 10.1 Å². The Hall–Kier alpha value is -1.39. The summed E-state index contributed by atoms with van der Waals surface area (Å²) in [7, 11) is 0. The Labute approximate surface area is 62.8 Å². The Bertz CT molecular complexity index is 290. The Morgan fingerprint density at radius 2 is 2.45 bits per heavy atom. The predicted molar refractivity (Wildman–Crippen MR) is 37.2 cm³/mol. The topological polar surface area (TPSA) is 61.0 Å². The summed E-state index contributed by atoms with van der Waals surface area (Å²) in [6.45, 7) is 0. The first-order valence-electron chi connectivity index (χ1n) is 3.45. The van der Waals surface area contributed by atoms with Crippen LogP contribution < -0.4 is 0 Å². The molecule has 0 N–H and O–H groups in total. The first-order valence-corrected chi connectivity index (χ1v) is 3.45. The number of hydrogen-bond donors (Lipinski definition) is 0. The van der Waals surface area contributed by atoms with Crippen LogP contribution in [0.5, 0.6) is 0 Å². The van der Waals surface area contributed by atoms with Gasteiger partial charge in [0, 0.05) is 6.04 Å². The maximum absolute atomic E-state index is 10.2. The second-order valence-corrected chi connectivity index (χ2v) is 2.67. The number of imidazole rings is 1. The van der Waals surface area contributed by atoms with Gasteiger partial charge >= 0.3 is 5.82 Å². The predicted octanol–water partition coefficient (Wildman–Crippen LogP) is 1.13. The molecule has 1 aromatic heterocycles. The standard InChI is InChI=1S/C6H7N3O2/c10-9(11)6-3-8(4-7-6)5-1-2-5/h3-5H,1-2H2. The summed E-state index contributed by atoms with van der Waals surface area (Å²) in [5, 5.41) is 10.2. The molecule has 11 heavy (non-hydrogen) atoms. The third-order valence-electron chi connectivity index (χ3n) is 1.74. The van der Waals surface area contributed by atoms with Gasteiger partial charge in [-0.1, -0.05) is 0 Å². The van der Waals surface area contributed by atoms with E-state index in [2.05, 4.69) is 4.98 Å². The van der Waals surface area contributed by atoms with E-state index in [0.29, 0.717) is 6.04 Å². The van der Waals surface area contributed by atoms with E-state index in [4.69, 9.17) is 0 Å². The van der Waals surface area contributed by atoms with Crippen molar-refractivity contribution in [3.8, 4) is 0 Å². The van der Waals surface area contributed by atoms with Crippen molar-refractivity contribution in [1.82, 2.24) is 9.55 Å². The zero-order chi connectivity index (χ0) is 7.84. The molecule has 1 saturated carbocycles. The molecule has 0 atom stereocenters. The fourth-order valence-corrected chi connectivity index (χ4v) is 0.992. The van der Waals surface area contributed by atoms with E-state index < -0.39 is 4.92 Å². The van der Waals surface area contributed by atoms with Gasteiger partial charge in [0.05, 0.1) is 0 Å². The summed E-state index contributed by atoms with van der Waals surface area (Å²) in [6.07, 6.45) is 5.24. The lowest BCUT2D eigenvalue weighted by atomic mass is 10.6. The van der Waals surface area contributed by atoms with Crippen molar-refractivity contribution < 1.29 is 4.92 Å². The molecule has 0 saturated heterocycles. The Morgan fingerprint density at radius 1 is 1.73 bits per heavy atom. The lowest BCUT2D eigenvalue weighted by Crippen LogP contribution is -1.88. The van der Waals surface area contributed by atoms with Gasteiger partial charge in [-0.05, 0) is 22.7 Å². The maximum atomic E-state index is 10.2. The van der Waals surface area contributed by atoms with Gasteiger partial charge < -0.3 is 14.7 Å². The minimum Gasteiger partial charge on any atom is -0.358 e. The molecular weight excluding hydrogens is 146 g/mol. The molecule has 0 spiro atoms. The monoisotopic (exact) mass is 153 g/mol. The fourth-order valence-electron chi connectivity index (χ4n) is 0.992. The van der Waals surface area contributed by atoms with Gasteiger partial charge in [-0.25, -0.2) is 0 Å². The smallest absolute Gasteiger partial charge is 0.358 e. The molecule has 1 fully saturated rings. The molecule has 0 aliphatic heterocycles. The average Bonchev–Trinajstić information content (AvgIpc) is 2.68. The lowest BCUT2D eigenvalue weighted by molar-refractivity contribution is -0.389. The molecule has 5 heteroatoms. The minimum absolute atomic E-state index is 0.0584. The molecule has 5 nitrogen and oxygen atoms in total. The molecule has 1 aliphatic rings. The number of nitrogens with zero attached hydrogens (tertiary/aromatic N) is 3. The van der Waals surface area contributed by atoms with Crippen LogP contribution in [0.15, 0.2) is 12.5 Å². The number of rotatable bonds is 2. The van der Waals surface area contributed by atoms with Crippen LogP contribution in [0.25, 0.3) is 0 Å². The van der Waals surface area contributed by atoms with E-state index >= 15 is 0 Å². The van der Waals surface area contributed by atoms with E-state index in [1.165, 1.54) is 12.5 Å². The van der Waals surface area contributed by atoms with Crippen molar-refractivity contribution in [3.05, 3.63) is 22.6 Å². The Balaban J connectivity index is 2.25. The highest BCUT2D eigenvalue weighted by Crippen LogP contribution is 2.35. The van der Waals surface area contributed by atoms with Gasteiger partial charge in [0.25, 0.3) is 0 Å². The first-order chi connectivity index (χ1) is 5.27. The van der Waals surface area contributed by atoms with Crippen molar-refractivity contribution >= 4 is 5.82 Å². The van der Waals surface area contributed by atoms with Crippen LogP contribution >= 0.6 is 0 Å². The van der Waals surface area contributed by atoms with Crippen LogP contribution in [0.2, 0.25) is 0 Å². The van der Waals surface area contributed by atoms with Gasteiger partial charge in [0.15, 0.2) is 0 Å². The summed E-state index contributed by atoms with van der Waals surface area (Å²) in [5.41, 5.74) is 0. The minimum atomic E-state index is -0.473. The number of hydrogen-bond acceptors (Lipinski definition) is 3. The third-order valence-corrected chi connectivity index (χ3v) is 1.74. The quantitative estimate of drug-likeness (QED) is 0.472. The largest absolute Gasteiger partial charge is 0.381 e. The zero-order valence-corrected chi connectivity index (χ0v) is 5.80. The Morgan fingerprint density at radius 3 is 2.91 bits per heavy atom. The van der Waals surface area contributed by atoms with Crippen molar-refractivity contribution in [2.75, 3.05) is 0 Å². The summed E-state index contributed by atoms with van der Waals surface area (Å²) >= 11 is 0. The molecular formula is C6H7N3O2. The highest BCUT2D eigenvalue weighted by Gasteiger charge is 2.25.